The number of carbonyl (C=O) groups excluding carboxylic acids is 1. The number of aromatic nitrogens is 1. The molecule has 1 aliphatic rings. The van der Waals surface area contributed by atoms with Crippen molar-refractivity contribution in [1.82, 2.24) is 15.6 Å². The number of para-hydroxylation sites is 2. The molecule has 0 unspecified atom stereocenters. The first-order valence-electron chi connectivity index (χ1n) is 9.24. The molecule has 3 rings (SSSR count). The Morgan fingerprint density at radius 1 is 1.25 bits per heavy atom. The summed E-state index contributed by atoms with van der Waals surface area (Å²) in [6.45, 7) is 2.15. The van der Waals surface area contributed by atoms with E-state index in [0.29, 0.717) is 18.2 Å². The van der Waals surface area contributed by atoms with Crippen molar-refractivity contribution < 1.29 is 9.53 Å². The summed E-state index contributed by atoms with van der Waals surface area (Å²) >= 11 is 5.80. The van der Waals surface area contributed by atoms with Crippen molar-refractivity contribution in [3.8, 4) is 5.75 Å². The Morgan fingerprint density at radius 3 is 2.86 bits per heavy atom. The van der Waals surface area contributed by atoms with Crippen LogP contribution < -0.4 is 20.3 Å². The van der Waals surface area contributed by atoms with Crippen LogP contribution in [0.4, 0.5) is 5.69 Å². The molecular weight excluding hydrogens is 378 g/mol. The molecule has 1 aromatic carbocycles. The number of rotatable bonds is 7. The van der Waals surface area contributed by atoms with Crippen LogP contribution in [0.1, 0.15) is 12.0 Å². The highest BCUT2D eigenvalue weighted by molar-refractivity contribution is 6.29. The summed E-state index contributed by atoms with van der Waals surface area (Å²) in [6, 6.07) is 11.4. The van der Waals surface area contributed by atoms with Gasteiger partial charge in [0, 0.05) is 32.9 Å². The molecule has 1 amide bonds. The molecule has 2 heterocycles. The molecule has 0 saturated carbocycles. The van der Waals surface area contributed by atoms with E-state index in [-0.39, 0.29) is 12.5 Å². The molecule has 28 heavy (non-hydrogen) atoms. The second-order valence-electron chi connectivity index (χ2n) is 6.32. The van der Waals surface area contributed by atoms with Crippen LogP contribution in [-0.4, -0.2) is 50.1 Å². The number of aliphatic imine (C=N–C) groups is 1. The number of fused-ring (bicyclic) bond motifs is 1. The summed E-state index contributed by atoms with van der Waals surface area (Å²) in [4.78, 5) is 22.3. The first kappa shape index (κ1) is 19.9. The van der Waals surface area contributed by atoms with E-state index in [4.69, 9.17) is 16.3 Å². The van der Waals surface area contributed by atoms with E-state index in [1.165, 1.54) is 0 Å². The highest BCUT2D eigenvalue weighted by Gasteiger charge is 2.24. The second-order valence-corrected chi connectivity index (χ2v) is 6.71. The average Bonchev–Trinajstić information content (AvgIpc) is 2.72. The number of guanidine groups is 1. The predicted molar refractivity (Wildman–Crippen MR) is 111 cm³/mol. The number of halogens is 1. The minimum absolute atomic E-state index is 0.0159. The fourth-order valence-corrected chi connectivity index (χ4v) is 3.06. The van der Waals surface area contributed by atoms with Gasteiger partial charge in [0.05, 0.1) is 5.69 Å². The fraction of sp³-hybridized carbons (Fsp3) is 0.350. The lowest BCUT2D eigenvalue weighted by atomic mass is 10.2. The molecule has 8 heteroatoms. The van der Waals surface area contributed by atoms with Crippen LogP contribution in [0, 0.1) is 0 Å². The number of ether oxygens (including phenoxy) is 1. The molecule has 0 atom stereocenters. The minimum atomic E-state index is -0.0159. The number of benzene rings is 1. The highest BCUT2D eigenvalue weighted by Crippen LogP contribution is 2.31. The Bertz CT molecular complexity index is 826. The van der Waals surface area contributed by atoms with E-state index in [1.807, 2.05) is 30.3 Å². The zero-order valence-corrected chi connectivity index (χ0v) is 16.6. The second kappa shape index (κ2) is 9.94. The SMILES string of the molecule is CN=C(NCCCN1C(=O)COc2ccccc21)NCCc1ccc(Cl)nc1. The number of hydrogen-bond donors (Lipinski definition) is 2. The zero-order chi connectivity index (χ0) is 19.8. The predicted octanol–water partition coefficient (Wildman–Crippen LogP) is 2.26. The van der Waals surface area contributed by atoms with Crippen molar-refractivity contribution in [3.63, 3.8) is 0 Å². The van der Waals surface area contributed by atoms with E-state index >= 15 is 0 Å². The number of nitrogens with one attached hydrogen (secondary N) is 2. The van der Waals surface area contributed by atoms with Gasteiger partial charge in [-0.05, 0) is 36.6 Å². The number of anilines is 1. The smallest absolute Gasteiger partial charge is 0.265 e. The normalized spacial score (nSPS) is 13.7. The number of pyridine rings is 1. The van der Waals surface area contributed by atoms with Gasteiger partial charge in [0.2, 0.25) is 0 Å². The molecule has 7 nitrogen and oxygen atoms in total. The lowest BCUT2D eigenvalue weighted by molar-refractivity contribution is -0.121. The Hall–Kier alpha value is -2.80. The van der Waals surface area contributed by atoms with Crippen molar-refractivity contribution in [2.75, 3.05) is 38.2 Å². The van der Waals surface area contributed by atoms with E-state index in [9.17, 15) is 4.79 Å². The van der Waals surface area contributed by atoms with Crippen LogP contribution in [0.5, 0.6) is 5.75 Å². The molecule has 0 radical (unpaired) electrons. The maximum atomic E-state index is 12.2. The average molecular weight is 402 g/mol. The molecule has 0 saturated heterocycles. The number of nitrogens with zero attached hydrogens (tertiary/aromatic N) is 3. The van der Waals surface area contributed by atoms with Crippen LogP contribution in [0.2, 0.25) is 5.15 Å². The number of hydrogen-bond acceptors (Lipinski definition) is 4. The van der Waals surface area contributed by atoms with Gasteiger partial charge in [-0.25, -0.2) is 4.98 Å². The first-order valence-corrected chi connectivity index (χ1v) is 9.62. The Balaban J connectivity index is 1.40. The third-order valence-electron chi connectivity index (χ3n) is 4.38. The molecule has 2 N–H and O–H groups in total. The molecule has 1 aliphatic heterocycles. The van der Waals surface area contributed by atoms with Crippen LogP contribution in [-0.2, 0) is 11.2 Å². The van der Waals surface area contributed by atoms with Crippen molar-refractivity contribution >= 4 is 29.2 Å². The van der Waals surface area contributed by atoms with Gasteiger partial charge >= 0.3 is 0 Å². The maximum absolute atomic E-state index is 12.2. The third-order valence-corrected chi connectivity index (χ3v) is 4.60. The molecule has 2 aromatic rings. The number of amides is 1. The molecular formula is C20H24ClN5O2. The van der Waals surface area contributed by atoms with Crippen LogP contribution in [0.25, 0.3) is 0 Å². The standard InChI is InChI=1S/C20H24ClN5O2/c1-22-20(24-11-9-15-7-8-18(21)25-13-15)23-10-4-12-26-16-5-2-3-6-17(16)28-14-19(26)27/h2-3,5-8,13H,4,9-12,14H2,1H3,(H2,22,23,24). The minimum Gasteiger partial charge on any atom is -0.482 e. The van der Waals surface area contributed by atoms with Crippen LogP contribution in [0.3, 0.4) is 0 Å². The quantitative estimate of drug-likeness (QED) is 0.322. The molecule has 0 spiro atoms. The van der Waals surface area contributed by atoms with Gasteiger partial charge < -0.3 is 20.3 Å². The largest absolute Gasteiger partial charge is 0.482 e. The summed E-state index contributed by atoms with van der Waals surface area (Å²) in [5, 5.41) is 7.04. The molecule has 1 aromatic heterocycles. The molecule has 0 aliphatic carbocycles. The summed E-state index contributed by atoms with van der Waals surface area (Å²) < 4.78 is 5.47. The van der Waals surface area contributed by atoms with Crippen molar-refractivity contribution in [2.24, 2.45) is 4.99 Å². The van der Waals surface area contributed by atoms with Gasteiger partial charge in [-0.2, -0.15) is 0 Å². The Labute approximate surface area is 169 Å². The maximum Gasteiger partial charge on any atom is 0.265 e. The summed E-state index contributed by atoms with van der Waals surface area (Å²) in [7, 11) is 1.74. The van der Waals surface area contributed by atoms with Crippen molar-refractivity contribution in [3.05, 3.63) is 53.3 Å². The first-order chi connectivity index (χ1) is 13.7. The third kappa shape index (κ3) is 5.36. The Kier molecular flexibility index (Phi) is 7.08. The molecule has 0 fully saturated rings. The van der Waals surface area contributed by atoms with E-state index in [0.717, 1.165) is 42.3 Å². The van der Waals surface area contributed by atoms with Gasteiger partial charge in [-0.3, -0.25) is 9.79 Å². The zero-order valence-electron chi connectivity index (χ0n) is 15.8. The lowest BCUT2D eigenvalue weighted by Gasteiger charge is -2.29. The number of carbonyl (C=O) groups is 1. The van der Waals surface area contributed by atoms with Crippen molar-refractivity contribution in [1.29, 1.82) is 0 Å². The molecule has 0 bridgehead atoms. The van der Waals surface area contributed by atoms with Gasteiger partial charge in [0.1, 0.15) is 10.9 Å². The van der Waals surface area contributed by atoms with Crippen LogP contribution in [0.15, 0.2) is 47.6 Å². The van der Waals surface area contributed by atoms with Gasteiger partial charge in [-0.15, -0.1) is 0 Å². The van der Waals surface area contributed by atoms with E-state index in [2.05, 4.69) is 20.6 Å². The highest BCUT2D eigenvalue weighted by atomic mass is 35.5. The summed E-state index contributed by atoms with van der Waals surface area (Å²) in [5.74, 6) is 1.47. The summed E-state index contributed by atoms with van der Waals surface area (Å²) in [6.07, 6.45) is 3.39. The Morgan fingerprint density at radius 2 is 2.07 bits per heavy atom. The van der Waals surface area contributed by atoms with Gasteiger partial charge in [0.25, 0.3) is 5.91 Å². The monoisotopic (exact) mass is 401 g/mol. The molecule has 148 valence electrons. The topological polar surface area (TPSA) is 78.9 Å². The van der Waals surface area contributed by atoms with Crippen molar-refractivity contribution in [2.45, 2.75) is 12.8 Å². The van der Waals surface area contributed by atoms with E-state index < -0.39 is 0 Å². The van der Waals surface area contributed by atoms with Gasteiger partial charge in [0.15, 0.2) is 12.6 Å². The lowest BCUT2D eigenvalue weighted by Crippen LogP contribution is -2.42. The fourth-order valence-electron chi connectivity index (χ4n) is 2.94. The van der Waals surface area contributed by atoms with Gasteiger partial charge in [-0.1, -0.05) is 29.8 Å². The summed E-state index contributed by atoms with van der Waals surface area (Å²) in [5.41, 5.74) is 1.94. The van der Waals surface area contributed by atoms with Crippen LogP contribution >= 0.6 is 11.6 Å². The van der Waals surface area contributed by atoms with E-state index in [1.54, 1.807) is 24.2 Å².